The molecule has 1 saturated heterocycles. The normalized spacial score (nSPS) is 21.9. The molecule has 0 radical (unpaired) electrons. The Balaban J connectivity index is 1.22. The number of ether oxygens (including phenoxy) is 2. The lowest BCUT2D eigenvalue weighted by atomic mass is 9.71. The van der Waals surface area contributed by atoms with E-state index in [4.69, 9.17) is 9.47 Å². The smallest absolute Gasteiger partial charge is 0.170 e. The number of pyridine rings is 2. The maximum absolute atomic E-state index is 13.2. The van der Waals surface area contributed by atoms with Crippen LogP contribution in [0, 0.1) is 18.3 Å². The first-order valence-corrected chi connectivity index (χ1v) is 13.9. The van der Waals surface area contributed by atoms with E-state index in [-0.39, 0.29) is 12.2 Å². The Hall–Kier alpha value is -3.71. The number of ketones is 1. The molecule has 2 fully saturated rings. The van der Waals surface area contributed by atoms with E-state index in [0.717, 1.165) is 74.5 Å². The van der Waals surface area contributed by atoms with Gasteiger partial charge < -0.3 is 9.47 Å². The van der Waals surface area contributed by atoms with Gasteiger partial charge in [-0.1, -0.05) is 18.2 Å². The monoisotopic (exact) mass is 540 g/mol. The maximum Gasteiger partial charge on any atom is 0.170 e. The second-order valence-electron chi connectivity index (χ2n) is 10.6. The minimum absolute atomic E-state index is 0.0292. The molecule has 2 aliphatic rings. The fraction of sp³-hybridized carbons (Fsp3) is 0.452. The van der Waals surface area contributed by atoms with Gasteiger partial charge in [0.2, 0.25) is 0 Å². The molecule has 208 valence electrons. The van der Waals surface area contributed by atoms with Crippen LogP contribution in [0.4, 0.5) is 0 Å². The van der Waals surface area contributed by atoms with Gasteiger partial charge in [-0.2, -0.15) is 10.4 Å². The van der Waals surface area contributed by atoms with E-state index in [9.17, 15) is 10.1 Å². The van der Waals surface area contributed by atoms with E-state index >= 15 is 0 Å². The van der Waals surface area contributed by atoms with E-state index in [1.165, 1.54) is 0 Å². The highest BCUT2D eigenvalue weighted by Crippen LogP contribution is 2.39. The molecule has 4 heterocycles. The largest absolute Gasteiger partial charge is 0.381 e. The molecule has 0 unspecified atom stereocenters. The maximum atomic E-state index is 13.2. The Bertz CT molecular complexity index is 1360. The van der Waals surface area contributed by atoms with Crippen molar-refractivity contribution in [2.24, 2.45) is 0 Å². The average Bonchev–Trinajstić information content (AvgIpc) is 3.39. The summed E-state index contributed by atoms with van der Waals surface area (Å²) in [7, 11) is 1.65. The number of carbonyl (C=O) groups is 1. The summed E-state index contributed by atoms with van der Waals surface area (Å²) >= 11 is 0. The van der Waals surface area contributed by atoms with Gasteiger partial charge in [0.25, 0.3) is 0 Å². The summed E-state index contributed by atoms with van der Waals surface area (Å²) in [5.41, 5.74) is 3.32. The third-order valence-electron chi connectivity index (χ3n) is 8.14. The van der Waals surface area contributed by atoms with Crippen molar-refractivity contribution < 1.29 is 14.3 Å². The highest BCUT2D eigenvalue weighted by atomic mass is 16.5. The van der Waals surface area contributed by atoms with E-state index in [0.29, 0.717) is 24.0 Å². The number of Topliss-reactive ketones (excluding diaryl/α,β-unsaturated/α-hetero) is 1. The number of nitriles is 1. The van der Waals surface area contributed by atoms with Crippen LogP contribution in [0.5, 0.6) is 0 Å². The summed E-state index contributed by atoms with van der Waals surface area (Å²) in [6.45, 7) is 5.94. The van der Waals surface area contributed by atoms with Crippen LogP contribution in [0.15, 0.2) is 48.9 Å². The zero-order valence-corrected chi connectivity index (χ0v) is 23.3. The molecule has 5 rings (SSSR count). The number of rotatable bonds is 9. The fourth-order valence-electron chi connectivity index (χ4n) is 5.74. The Labute approximate surface area is 235 Å². The Morgan fingerprint density at radius 3 is 2.60 bits per heavy atom. The van der Waals surface area contributed by atoms with Gasteiger partial charge in [-0.3, -0.25) is 14.7 Å². The minimum atomic E-state index is -0.564. The zero-order chi connectivity index (χ0) is 28.0. The van der Waals surface area contributed by atoms with Gasteiger partial charge in [0, 0.05) is 45.1 Å². The van der Waals surface area contributed by atoms with E-state index < -0.39 is 5.41 Å². The van der Waals surface area contributed by atoms with Gasteiger partial charge in [-0.15, -0.1) is 0 Å². The van der Waals surface area contributed by atoms with Crippen LogP contribution in [-0.2, 0) is 21.3 Å². The highest BCUT2D eigenvalue weighted by molar-refractivity contribution is 5.98. The molecular formula is C31H36N6O3. The third-order valence-corrected chi connectivity index (χ3v) is 8.14. The number of aromatic nitrogens is 4. The minimum Gasteiger partial charge on any atom is -0.381 e. The average molecular weight is 541 g/mol. The first-order valence-electron chi connectivity index (χ1n) is 13.9. The number of nitrogens with zero attached hydrogens (tertiary/aromatic N) is 6. The van der Waals surface area contributed by atoms with Crippen molar-refractivity contribution in [2.75, 3.05) is 40.0 Å². The van der Waals surface area contributed by atoms with Crippen LogP contribution in [0.3, 0.4) is 0 Å². The number of morpholine rings is 1. The molecule has 0 spiro atoms. The second-order valence-corrected chi connectivity index (χ2v) is 10.6. The van der Waals surface area contributed by atoms with Crippen LogP contribution in [0.2, 0.25) is 0 Å². The Morgan fingerprint density at radius 1 is 1.15 bits per heavy atom. The molecule has 1 aliphatic heterocycles. The lowest BCUT2D eigenvalue weighted by Gasteiger charge is -2.41. The van der Waals surface area contributed by atoms with Crippen LogP contribution in [0.25, 0.3) is 11.9 Å². The molecule has 3 aromatic rings. The lowest BCUT2D eigenvalue weighted by Crippen LogP contribution is -2.47. The number of hydrogen-bond donors (Lipinski definition) is 0. The highest BCUT2D eigenvalue weighted by Gasteiger charge is 2.40. The van der Waals surface area contributed by atoms with Crippen molar-refractivity contribution in [1.82, 2.24) is 24.6 Å². The summed E-state index contributed by atoms with van der Waals surface area (Å²) in [5.74, 6) is 0.620. The van der Waals surface area contributed by atoms with Gasteiger partial charge in [0.05, 0.1) is 54.5 Å². The molecule has 0 amide bonds. The van der Waals surface area contributed by atoms with Gasteiger partial charge in [-0.05, 0) is 61.9 Å². The molecular weight excluding hydrogens is 504 g/mol. The zero-order valence-electron chi connectivity index (χ0n) is 23.3. The number of hydrogen-bond acceptors (Lipinski definition) is 8. The second kappa shape index (κ2) is 12.6. The Morgan fingerprint density at radius 2 is 1.95 bits per heavy atom. The van der Waals surface area contributed by atoms with Crippen LogP contribution >= 0.6 is 0 Å². The first kappa shape index (κ1) is 27.8. The van der Waals surface area contributed by atoms with Crippen molar-refractivity contribution in [3.63, 3.8) is 0 Å². The Kier molecular flexibility index (Phi) is 8.80. The summed E-state index contributed by atoms with van der Waals surface area (Å²) in [5, 5.41) is 14.6. The molecule has 0 atom stereocenters. The van der Waals surface area contributed by atoms with Crippen LogP contribution in [0.1, 0.15) is 58.6 Å². The number of carbonyl (C=O) groups excluding carboxylic acids is 1. The van der Waals surface area contributed by atoms with Crippen molar-refractivity contribution in [3.05, 3.63) is 77.0 Å². The molecule has 1 aliphatic carbocycles. The van der Waals surface area contributed by atoms with Crippen LogP contribution in [-0.4, -0.2) is 76.5 Å². The van der Waals surface area contributed by atoms with E-state index in [1.807, 2.05) is 43.3 Å². The molecule has 0 bridgehead atoms. The van der Waals surface area contributed by atoms with Gasteiger partial charge in [-0.25, -0.2) is 9.67 Å². The predicted molar refractivity (Wildman–Crippen MR) is 151 cm³/mol. The van der Waals surface area contributed by atoms with Crippen molar-refractivity contribution in [1.29, 1.82) is 5.26 Å². The topological polar surface area (TPSA) is 106 Å². The molecule has 40 heavy (non-hydrogen) atoms. The molecule has 0 N–H and O–H groups in total. The summed E-state index contributed by atoms with van der Waals surface area (Å²) < 4.78 is 12.2. The SMILES string of the molecule is COC/C=C/c1ccc(-n2ncc(C(=O)Cc3ccc(C4(C#N)CCC(N5CCOCC5)CC4)nc3)c2C)nc1. The summed E-state index contributed by atoms with van der Waals surface area (Å²) in [4.78, 5) is 24.9. The first-order chi connectivity index (χ1) is 19.5. The molecule has 1 saturated carbocycles. The van der Waals surface area contributed by atoms with Crippen molar-refractivity contribution in [3.8, 4) is 11.9 Å². The lowest BCUT2D eigenvalue weighted by molar-refractivity contribution is 0.00493. The predicted octanol–water partition coefficient (Wildman–Crippen LogP) is 4.09. The van der Waals surface area contributed by atoms with Crippen molar-refractivity contribution in [2.45, 2.75) is 50.5 Å². The van der Waals surface area contributed by atoms with Crippen molar-refractivity contribution >= 4 is 11.9 Å². The number of methoxy groups -OCH3 is 1. The van der Waals surface area contributed by atoms with Gasteiger partial charge in [0.1, 0.15) is 0 Å². The van der Waals surface area contributed by atoms with Crippen LogP contribution < -0.4 is 0 Å². The molecule has 3 aromatic heterocycles. The van der Waals surface area contributed by atoms with E-state index in [2.05, 4.69) is 26.0 Å². The fourth-order valence-corrected chi connectivity index (χ4v) is 5.74. The summed E-state index contributed by atoms with van der Waals surface area (Å²) in [6, 6.07) is 10.8. The van der Waals surface area contributed by atoms with E-state index in [1.54, 1.807) is 30.4 Å². The van der Waals surface area contributed by atoms with Gasteiger partial charge >= 0.3 is 0 Å². The molecule has 9 heteroatoms. The standard InChI is InChI=1S/C31H36N6O3/c1-23-27(21-35-37(23)30-8-6-24(19-34-30)4-3-15-39-2)28(38)18-25-5-7-29(33-20-25)31(22-32)11-9-26(10-12-31)36-13-16-40-17-14-36/h3-8,19-21,26H,9-18H2,1-2H3/b4-3+. The molecule has 0 aromatic carbocycles. The summed E-state index contributed by atoms with van der Waals surface area (Å²) in [6.07, 6.45) is 12.8. The quantitative estimate of drug-likeness (QED) is 0.374. The van der Waals surface area contributed by atoms with Gasteiger partial charge in [0.15, 0.2) is 11.6 Å². The third kappa shape index (κ3) is 6.04. The molecule has 9 nitrogen and oxygen atoms in total.